The number of para-hydroxylation sites is 1. The van der Waals surface area contributed by atoms with E-state index in [2.05, 4.69) is 15.6 Å². The van der Waals surface area contributed by atoms with Crippen LogP contribution in [0.3, 0.4) is 0 Å². The van der Waals surface area contributed by atoms with Gasteiger partial charge in [0, 0.05) is 29.4 Å². The van der Waals surface area contributed by atoms with Crippen molar-refractivity contribution in [3.63, 3.8) is 0 Å². The second-order valence-electron chi connectivity index (χ2n) is 8.93. The van der Waals surface area contributed by atoms with Crippen molar-refractivity contribution < 1.29 is 19.1 Å². The summed E-state index contributed by atoms with van der Waals surface area (Å²) < 4.78 is 5.15. The Bertz CT molecular complexity index is 1510. The van der Waals surface area contributed by atoms with Crippen LogP contribution < -0.4 is 20.8 Å². The summed E-state index contributed by atoms with van der Waals surface area (Å²) >= 11 is 0. The smallest absolute Gasteiger partial charge is 0.289 e. The number of carbonyl (C=O) groups excluding carboxylic acids is 3. The molecule has 0 saturated carbocycles. The van der Waals surface area contributed by atoms with Crippen LogP contribution in [-0.4, -0.2) is 42.3 Å². The maximum Gasteiger partial charge on any atom is 0.289 e. The van der Waals surface area contributed by atoms with E-state index >= 15 is 0 Å². The number of aromatic amines is 1. The number of aromatic nitrogens is 1. The molecule has 3 N–H and O–H groups in total. The molecule has 4 aromatic rings. The SMILES string of the molecule is COc1ccc(CCNC(=O)C(=O)[C@H](Cc2ccccc2)NC(=O)c2[nH]c3ccccc3c(=O)c2C)cc1. The number of Topliss-reactive ketones (excluding diaryl/α,β-unsaturated/α-hetero) is 1. The third-order valence-corrected chi connectivity index (χ3v) is 6.36. The Balaban J connectivity index is 1.50. The quantitative estimate of drug-likeness (QED) is 0.283. The van der Waals surface area contributed by atoms with E-state index in [1.54, 1.807) is 38.3 Å². The van der Waals surface area contributed by atoms with Crippen molar-refractivity contribution in [2.75, 3.05) is 13.7 Å². The Kier molecular flexibility index (Phi) is 8.33. The van der Waals surface area contributed by atoms with Crippen molar-refractivity contribution in [2.24, 2.45) is 0 Å². The van der Waals surface area contributed by atoms with Crippen LogP contribution >= 0.6 is 0 Å². The van der Waals surface area contributed by atoms with Gasteiger partial charge in [-0.2, -0.15) is 0 Å². The molecular formula is C30H29N3O5. The van der Waals surface area contributed by atoms with Crippen LogP contribution in [0.4, 0.5) is 0 Å². The minimum Gasteiger partial charge on any atom is -0.497 e. The van der Waals surface area contributed by atoms with Crippen LogP contribution in [-0.2, 0) is 22.4 Å². The molecule has 0 unspecified atom stereocenters. The lowest BCUT2D eigenvalue weighted by atomic mass is 10.0. The molecule has 0 fully saturated rings. The number of hydrogen-bond donors (Lipinski definition) is 3. The van der Waals surface area contributed by atoms with Gasteiger partial charge in [-0.3, -0.25) is 19.2 Å². The number of hydrogen-bond acceptors (Lipinski definition) is 5. The first-order chi connectivity index (χ1) is 18.4. The fourth-order valence-corrected chi connectivity index (χ4v) is 4.21. The second-order valence-corrected chi connectivity index (χ2v) is 8.93. The largest absolute Gasteiger partial charge is 0.497 e. The van der Waals surface area contributed by atoms with E-state index in [4.69, 9.17) is 4.74 Å². The van der Waals surface area contributed by atoms with E-state index in [0.29, 0.717) is 17.3 Å². The number of amides is 2. The van der Waals surface area contributed by atoms with Crippen molar-refractivity contribution in [2.45, 2.75) is 25.8 Å². The van der Waals surface area contributed by atoms with Crippen LogP contribution in [0.5, 0.6) is 5.75 Å². The molecule has 0 aliphatic rings. The molecule has 0 aliphatic carbocycles. The van der Waals surface area contributed by atoms with Crippen LogP contribution in [0, 0.1) is 6.92 Å². The highest BCUT2D eigenvalue weighted by molar-refractivity contribution is 6.38. The summed E-state index contributed by atoms with van der Waals surface area (Å²) in [4.78, 5) is 55.1. The van der Waals surface area contributed by atoms with Crippen LogP contribution in [0.2, 0.25) is 0 Å². The number of methoxy groups -OCH3 is 1. The molecule has 0 saturated heterocycles. The van der Waals surface area contributed by atoms with E-state index in [9.17, 15) is 19.2 Å². The van der Waals surface area contributed by atoms with Crippen molar-refractivity contribution in [3.05, 3.63) is 111 Å². The first-order valence-electron chi connectivity index (χ1n) is 12.3. The average molecular weight is 512 g/mol. The number of ether oxygens (including phenoxy) is 1. The van der Waals surface area contributed by atoms with Crippen LogP contribution in [0.1, 0.15) is 27.2 Å². The molecule has 0 radical (unpaired) electrons. The first-order valence-corrected chi connectivity index (χ1v) is 12.3. The predicted octanol–water partition coefficient (Wildman–Crippen LogP) is 3.11. The Labute approximate surface area is 220 Å². The molecule has 0 spiro atoms. The first kappa shape index (κ1) is 26.3. The number of H-pyrrole nitrogens is 1. The van der Waals surface area contributed by atoms with Gasteiger partial charge >= 0.3 is 0 Å². The highest BCUT2D eigenvalue weighted by atomic mass is 16.5. The highest BCUT2D eigenvalue weighted by Gasteiger charge is 2.28. The Morgan fingerprint density at radius 1 is 0.895 bits per heavy atom. The van der Waals surface area contributed by atoms with Gasteiger partial charge in [0.15, 0.2) is 5.43 Å². The van der Waals surface area contributed by atoms with Crippen LogP contribution in [0.25, 0.3) is 10.9 Å². The summed E-state index contributed by atoms with van der Waals surface area (Å²) in [7, 11) is 1.59. The molecule has 1 aromatic heterocycles. The number of nitrogens with one attached hydrogen (secondary N) is 3. The van der Waals surface area contributed by atoms with Crippen molar-refractivity contribution >= 4 is 28.5 Å². The monoisotopic (exact) mass is 511 g/mol. The number of fused-ring (bicyclic) bond motifs is 1. The van der Waals surface area contributed by atoms with E-state index < -0.39 is 23.6 Å². The lowest BCUT2D eigenvalue weighted by Gasteiger charge is -2.18. The predicted molar refractivity (Wildman–Crippen MR) is 145 cm³/mol. The summed E-state index contributed by atoms with van der Waals surface area (Å²) in [5, 5.41) is 5.80. The zero-order valence-corrected chi connectivity index (χ0v) is 21.2. The molecule has 1 heterocycles. The lowest BCUT2D eigenvalue weighted by molar-refractivity contribution is -0.138. The van der Waals surface area contributed by atoms with Gasteiger partial charge in [-0.15, -0.1) is 0 Å². The summed E-state index contributed by atoms with van der Waals surface area (Å²) in [6.07, 6.45) is 0.643. The van der Waals surface area contributed by atoms with Crippen molar-refractivity contribution in [3.8, 4) is 5.75 Å². The minimum absolute atomic E-state index is 0.0551. The van der Waals surface area contributed by atoms with Crippen molar-refractivity contribution in [1.29, 1.82) is 0 Å². The van der Waals surface area contributed by atoms with E-state index in [1.807, 2.05) is 54.6 Å². The number of benzene rings is 3. The fourth-order valence-electron chi connectivity index (χ4n) is 4.21. The Morgan fingerprint density at radius 3 is 2.29 bits per heavy atom. The number of ketones is 1. The fraction of sp³-hybridized carbons (Fsp3) is 0.200. The normalized spacial score (nSPS) is 11.5. The Morgan fingerprint density at radius 2 is 1.58 bits per heavy atom. The molecule has 8 heteroatoms. The van der Waals surface area contributed by atoms with E-state index in [0.717, 1.165) is 16.9 Å². The molecule has 194 valence electrons. The van der Waals surface area contributed by atoms with Crippen LogP contribution in [0.15, 0.2) is 83.7 Å². The van der Waals surface area contributed by atoms with Gasteiger partial charge in [0.25, 0.3) is 11.8 Å². The topological polar surface area (TPSA) is 117 Å². The molecule has 3 aromatic carbocycles. The van der Waals surface area contributed by atoms with Gasteiger partial charge < -0.3 is 20.4 Å². The maximum atomic E-state index is 13.3. The molecule has 0 aliphatic heterocycles. The minimum atomic E-state index is -1.12. The molecule has 38 heavy (non-hydrogen) atoms. The van der Waals surface area contributed by atoms with Crippen molar-refractivity contribution in [1.82, 2.24) is 15.6 Å². The van der Waals surface area contributed by atoms with E-state index in [1.165, 1.54) is 0 Å². The number of rotatable bonds is 10. The molecule has 0 bridgehead atoms. The summed E-state index contributed by atoms with van der Waals surface area (Å²) in [5.74, 6) is -1.46. The number of carbonyl (C=O) groups is 3. The van der Waals surface area contributed by atoms with Gasteiger partial charge in [-0.1, -0.05) is 54.6 Å². The zero-order chi connectivity index (χ0) is 27.1. The van der Waals surface area contributed by atoms with Gasteiger partial charge in [0.2, 0.25) is 5.78 Å². The van der Waals surface area contributed by atoms with E-state index in [-0.39, 0.29) is 29.7 Å². The summed E-state index contributed by atoms with van der Waals surface area (Å²) in [5.41, 5.74) is 2.28. The molecule has 4 rings (SSSR count). The second kappa shape index (κ2) is 12.0. The highest BCUT2D eigenvalue weighted by Crippen LogP contribution is 2.13. The van der Waals surface area contributed by atoms with Gasteiger partial charge in [-0.25, -0.2) is 0 Å². The third-order valence-electron chi connectivity index (χ3n) is 6.36. The Hall–Kier alpha value is -4.72. The van der Waals surface area contributed by atoms with Gasteiger partial charge in [-0.05, 0) is 48.7 Å². The molecular weight excluding hydrogens is 482 g/mol. The summed E-state index contributed by atoms with van der Waals surface area (Å²) in [6, 6.07) is 22.3. The number of pyridine rings is 1. The standard InChI is InChI=1S/C30H29N3O5/c1-19-26(32-24-11-7-6-10-23(24)27(19)34)29(36)33-25(18-21-8-4-3-5-9-21)28(35)30(37)31-17-16-20-12-14-22(38-2)15-13-20/h3-15,25H,16-18H2,1-2H3,(H,31,37)(H,32,34)(H,33,36)/t25-/m0/s1. The third kappa shape index (κ3) is 6.15. The summed E-state index contributed by atoms with van der Waals surface area (Å²) in [6.45, 7) is 1.81. The average Bonchev–Trinajstić information content (AvgIpc) is 2.95. The van der Waals surface area contributed by atoms with Gasteiger partial charge in [0.1, 0.15) is 17.5 Å². The lowest BCUT2D eigenvalue weighted by Crippen LogP contribution is -2.49. The maximum absolute atomic E-state index is 13.3. The molecule has 1 atom stereocenters. The zero-order valence-electron chi connectivity index (χ0n) is 21.2. The molecule has 8 nitrogen and oxygen atoms in total. The molecule has 2 amide bonds. The van der Waals surface area contributed by atoms with Gasteiger partial charge in [0.05, 0.1) is 7.11 Å².